The van der Waals surface area contributed by atoms with E-state index in [1.165, 1.54) is 18.2 Å². The number of amides is 1. The smallest absolute Gasteiger partial charge is 0.261 e. The summed E-state index contributed by atoms with van der Waals surface area (Å²) in [5.41, 5.74) is 0.993. The van der Waals surface area contributed by atoms with E-state index in [2.05, 4.69) is 14.6 Å². The van der Waals surface area contributed by atoms with Crippen molar-refractivity contribution in [3.05, 3.63) is 71.0 Å². The first-order chi connectivity index (χ1) is 14.8. The lowest BCUT2D eigenvalue weighted by molar-refractivity contribution is 0.0747. The number of nitrogens with one attached hydrogen (secondary N) is 1. The summed E-state index contributed by atoms with van der Waals surface area (Å²) in [4.78, 5) is 20.9. The summed E-state index contributed by atoms with van der Waals surface area (Å²) in [6.07, 6.45) is 1.76. The van der Waals surface area contributed by atoms with Gasteiger partial charge in [0.05, 0.1) is 4.90 Å². The third kappa shape index (κ3) is 4.70. The molecule has 0 atom stereocenters. The maximum absolute atomic E-state index is 13.8. The summed E-state index contributed by atoms with van der Waals surface area (Å²) >= 11 is 1.57. The summed E-state index contributed by atoms with van der Waals surface area (Å²) in [6, 6.07) is 10.1. The number of aryl methyl sites for hydroxylation is 1. The van der Waals surface area contributed by atoms with Gasteiger partial charge in [0, 0.05) is 49.0 Å². The van der Waals surface area contributed by atoms with Crippen molar-refractivity contribution >= 4 is 38.1 Å². The molecular formula is C21H21FN4O3S2. The molecule has 162 valence electrons. The lowest BCUT2D eigenvalue weighted by atomic mass is 10.1. The van der Waals surface area contributed by atoms with E-state index in [-0.39, 0.29) is 16.5 Å². The number of nitrogens with zero attached hydrogens (tertiary/aromatic N) is 3. The second-order valence-corrected chi connectivity index (χ2v) is 9.75. The van der Waals surface area contributed by atoms with Crippen LogP contribution in [0.1, 0.15) is 15.9 Å². The Hall–Kier alpha value is -2.98. The van der Waals surface area contributed by atoms with Crippen LogP contribution in [-0.4, -0.2) is 50.4 Å². The highest BCUT2D eigenvalue weighted by atomic mass is 32.2. The summed E-state index contributed by atoms with van der Waals surface area (Å²) in [5.74, 6) is -0.759. The largest absolute Gasteiger partial charge is 0.345 e. The van der Waals surface area contributed by atoms with Crippen molar-refractivity contribution in [2.24, 2.45) is 0 Å². The van der Waals surface area contributed by atoms with Gasteiger partial charge in [-0.3, -0.25) is 9.52 Å². The second kappa shape index (κ2) is 8.64. The van der Waals surface area contributed by atoms with Gasteiger partial charge in [0.15, 0.2) is 5.13 Å². The third-order valence-electron chi connectivity index (χ3n) is 5.07. The number of sulfonamides is 1. The number of piperazine rings is 1. The van der Waals surface area contributed by atoms with E-state index in [1.54, 1.807) is 47.6 Å². The monoisotopic (exact) mass is 460 g/mol. The van der Waals surface area contributed by atoms with Crippen LogP contribution in [-0.2, 0) is 10.0 Å². The molecule has 1 aliphatic heterocycles. The van der Waals surface area contributed by atoms with Crippen molar-refractivity contribution < 1.29 is 17.6 Å². The first kappa shape index (κ1) is 21.3. The molecule has 0 saturated carbocycles. The molecule has 0 unspecified atom stereocenters. The SMILES string of the molecule is Cc1ccc(S(=O)(=O)Nc2cccc(C(=O)N3CCN(c4nccs4)CC3)c2)cc1F. The van der Waals surface area contributed by atoms with Crippen molar-refractivity contribution in [1.29, 1.82) is 0 Å². The molecule has 1 N–H and O–H groups in total. The number of anilines is 2. The number of thiazole rings is 1. The first-order valence-corrected chi connectivity index (χ1v) is 12.0. The van der Waals surface area contributed by atoms with Crippen LogP contribution < -0.4 is 9.62 Å². The Morgan fingerprint density at radius 1 is 1.13 bits per heavy atom. The highest BCUT2D eigenvalue weighted by molar-refractivity contribution is 7.92. The van der Waals surface area contributed by atoms with Gasteiger partial charge in [-0.05, 0) is 42.8 Å². The van der Waals surface area contributed by atoms with E-state index in [9.17, 15) is 17.6 Å². The van der Waals surface area contributed by atoms with Gasteiger partial charge in [-0.15, -0.1) is 11.3 Å². The number of halogens is 1. The van der Waals surface area contributed by atoms with Crippen molar-refractivity contribution in [1.82, 2.24) is 9.88 Å². The van der Waals surface area contributed by atoms with Crippen molar-refractivity contribution in [3.63, 3.8) is 0 Å². The van der Waals surface area contributed by atoms with E-state index >= 15 is 0 Å². The van der Waals surface area contributed by atoms with Crippen LogP contribution in [0.25, 0.3) is 0 Å². The molecule has 0 bridgehead atoms. The quantitative estimate of drug-likeness (QED) is 0.631. The molecule has 2 heterocycles. The molecule has 7 nitrogen and oxygen atoms in total. The fourth-order valence-electron chi connectivity index (χ4n) is 3.33. The van der Waals surface area contributed by atoms with Gasteiger partial charge in [-0.25, -0.2) is 17.8 Å². The van der Waals surface area contributed by atoms with E-state index in [0.29, 0.717) is 37.3 Å². The lowest BCUT2D eigenvalue weighted by Crippen LogP contribution is -2.48. The molecule has 1 amide bonds. The van der Waals surface area contributed by atoms with Crippen LogP contribution >= 0.6 is 11.3 Å². The van der Waals surface area contributed by atoms with Crippen LogP contribution in [0.4, 0.5) is 15.2 Å². The third-order valence-corrected chi connectivity index (χ3v) is 7.28. The van der Waals surface area contributed by atoms with E-state index < -0.39 is 15.8 Å². The first-order valence-electron chi connectivity index (χ1n) is 9.66. The molecule has 0 aliphatic carbocycles. The minimum Gasteiger partial charge on any atom is -0.345 e. The van der Waals surface area contributed by atoms with E-state index in [4.69, 9.17) is 0 Å². The van der Waals surface area contributed by atoms with Crippen molar-refractivity contribution in [3.8, 4) is 0 Å². The number of benzene rings is 2. The standard InChI is InChI=1S/C21H21FN4O3S2/c1-15-5-6-18(14-19(15)22)31(28,29)24-17-4-2-3-16(13-17)20(27)25-8-10-26(11-9-25)21-23-7-12-30-21/h2-7,12-14,24H,8-11H2,1H3. The van der Waals surface area contributed by atoms with Crippen LogP contribution in [0.15, 0.2) is 58.9 Å². The van der Waals surface area contributed by atoms with Gasteiger partial charge >= 0.3 is 0 Å². The molecule has 4 rings (SSSR count). The molecule has 1 saturated heterocycles. The zero-order chi connectivity index (χ0) is 22.0. The normalized spacial score (nSPS) is 14.5. The molecule has 1 aliphatic rings. The highest BCUT2D eigenvalue weighted by Crippen LogP contribution is 2.22. The molecule has 10 heteroatoms. The van der Waals surface area contributed by atoms with E-state index in [1.807, 2.05) is 5.38 Å². The average molecular weight is 461 g/mol. The topological polar surface area (TPSA) is 82.6 Å². The summed E-state index contributed by atoms with van der Waals surface area (Å²) < 4.78 is 41.4. The van der Waals surface area contributed by atoms with Crippen LogP contribution in [0, 0.1) is 12.7 Å². The molecule has 1 fully saturated rings. The Labute approximate surface area is 184 Å². The molecule has 31 heavy (non-hydrogen) atoms. The molecule has 1 aromatic heterocycles. The number of hydrogen-bond acceptors (Lipinski definition) is 6. The lowest BCUT2D eigenvalue weighted by Gasteiger charge is -2.34. The molecule has 2 aromatic carbocycles. The molecular weight excluding hydrogens is 439 g/mol. The number of rotatable bonds is 5. The fourth-order valence-corrected chi connectivity index (χ4v) is 5.08. The Kier molecular flexibility index (Phi) is 5.92. The Morgan fingerprint density at radius 2 is 1.90 bits per heavy atom. The number of aromatic nitrogens is 1. The summed E-state index contributed by atoms with van der Waals surface area (Å²) in [7, 11) is -3.98. The van der Waals surface area contributed by atoms with Crippen LogP contribution in [0.3, 0.4) is 0 Å². The summed E-state index contributed by atoms with van der Waals surface area (Å²) in [5, 5.41) is 2.86. The summed E-state index contributed by atoms with van der Waals surface area (Å²) in [6.45, 7) is 4.04. The van der Waals surface area contributed by atoms with Gasteiger partial charge in [0.2, 0.25) is 0 Å². The van der Waals surface area contributed by atoms with Gasteiger partial charge in [-0.1, -0.05) is 12.1 Å². The van der Waals surface area contributed by atoms with Gasteiger partial charge in [-0.2, -0.15) is 0 Å². The number of carbonyl (C=O) groups is 1. The van der Waals surface area contributed by atoms with Gasteiger partial charge in [0.1, 0.15) is 5.82 Å². The van der Waals surface area contributed by atoms with Crippen molar-refractivity contribution in [2.45, 2.75) is 11.8 Å². The van der Waals surface area contributed by atoms with Gasteiger partial charge in [0.25, 0.3) is 15.9 Å². The van der Waals surface area contributed by atoms with Crippen LogP contribution in [0.5, 0.6) is 0 Å². The number of carbonyl (C=O) groups excluding carboxylic acids is 1. The van der Waals surface area contributed by atoms with Gasteiger partial charge < -0.3 is 9.80 Å². The minimum absolute atomic E-state index is 0.166. The van der Waals surface area contributed by atoms with Crippen LogP contribution in [0.2, 0.25) is 0 Å². The predicted molar refractivity (Wildman–Crippen MR) is 119 cm³/mol. The van der Waals surface area contributed by atoms with Crippen molar-refractivity contribution in [2.75, 3.05) is 35.8 Å². The molecule has 0 spiro atoms. The number of hydrogen-bond donors (Lipinski definition) is 1. The Balaban J connectivity index is 1.45. The zero-order valence-electron chi connectivity index (χ0n) is 16.8. The fraction of sp³-hybridized carbons (Fsp3) is 0.238. The Morgan fingerprint density at radius 3 is 2.58 bits per heavy atom. The zero-order valence-corrected chi connectivity index (χ0v) is 18.4. The maximum atomic E-state index is 13.8. The minimum atomic E-state index is -3.98. The maximum Gasteiger partial charge on any atom is 0.261 e. The Bertz CT molecular complexity index is 1190. The second-order valence-electron chi connectivity index (χ2n) is 7.19. The molecule has 0 radical (unpaired) electrons. The average Bonchev–Trinajstić information content (AvgIpc) is 3.30. The highest BCUT2D eigenvalue weighted by Gasteiger charge is 2.24. The predicted octanol–water partition coefficient (Wildman–Crippen LogP) is 3.35. The van der Waals surface area contributed by atoms with E-state index in [0.717, 1.165) is 11.2 Å². The molecule has 3 aromatic rings.